The molecule has 0 amide bonds. The van der Waals surface area contributed by atoms with E-state index < -0.39 is 0 Å². The summed E-state index contributed by atoms with van der Waals surface area (Å²) in [5.41, 5.74) is 7.66. The Morgan fingerprint density at radius 1 is 1.18 bits per heavy atom. The quantitative estimate of drug-likeness (QED) is 0.489. The first-order valence-corrected chi connectivity index (χ1v) is 11.2. The predicted molar refractivity (Wildman–Crippen MR) is 119 cm³/mol. The number of carbonyl (C=O) groups excluding carboxylic acids is 1. The number of anilines is 1. The summed E-state index contributed by atoms with van der Waals surface area (Å²) < 4.78 is 12.4. The maximum Gasteiger partial charge on any atom is 0.341 e. The minimum Gasteiger partial charge on any atom is -0.490 e. The smallest absolute Gasteiger partial charge is 0.341 e. The van der Waals surface area contributed by atoms with E-state index in [0.29, 0.717) is 23.8 Å². The van der Waals surface area contributed by atoms with Crippen molar-refractivity contribution in [2.75, 3.05) is 38.6 Å². The maximum absolute atomic E-state index is 12.4. The minimum atomic E-state index is -0.385. The van der Waals surface area contributed by atoms with Gasteiger partial charge in [-0.05, 0) is 37.5 Å². The number of likely N-dealkylation sites (N-methyl/N-ethyl adjacent to an activating group) is 1. The summed E-state index contributed by atoms with van der Waals surface area (Å²) in [6.07, 6.45) is 0. The highest BCUT2D eigenvalue weighted by Crippen LogP contribution is 2.45. The van der Waals surface area contributed by atoms with Gasteiger partial charge in [-0.15, -0.1) is 22.7 Å². The summed E-state index contributed by atoms with van der Waals surface area (Å²) in [5.74, 6) is 0.406. The highest BCUT2D eigenvalue weighted by atomic mass is 32.1. The van der Waals surface area contributed by atoms with E-state index in [1.165, 1.54) is 11.3 Å². The third-order valence-corrected chi connectivity index (χ3v) is 6.59. The van der Waals surface area contributed by atoms with Gasteiger partial charge in [0.15, 0.2) is 0 Å². The van der Waals surface area contributed by atoms with Gasteiger partial charge in [0.25, 0.3) is 0 Å². The second-order valence-electron chi connectivity index (χ2n) is 6.23. The molecule has 3 rings (SSSR count). The number of esters is 1. The van der Waals surface area contributed by atoms with Gasteiger partial charge in [0, 0.05) is 22.4 Å². The second kappa shape index (κ2) is 9.41. The van der Waals surface area contributed by atoms with Crippen LogP contribution in [0, 0.1) is 0 Å². The number of nitrogens with zero attached hydrogens (tertiary/aromatic N) is 1. The maximum atomic E-state index is 12.4. The summed E-state index contributed by atoms with van der Waals surface area (Å²) in [7, 11) is 0. The molecule has 0 unspecified atom stereocenters. The van der Waals surface area contributed by atoms with Crippen molar-refractivity contribution in [3.05, 3.63) is 35.2 Å². The highest BCUT2D eigenvalue weighted by Gasteiger charge is 2.23. The van der Waals surface area contributed by atoms with Gasteiger partial charge in [-0.1, -0.05) is 26.0 Å². The van der Waals surface area contributed by atoms with Crippen molar-refractivity contribution in [3.63, 3.8) is 0 Å². The molecule has 0 spiro atoms. The van der Waals surface area contributed by atoms with Crippen molar-refractivity contribution in [1.82, 2.24) is 4.90 Å². The summed E-state index contributed by atoms with van der Waals surface area (Å²) in [6.45, 7) is 9.79. The van der Waals surface area contributed by atoms with Gasteiger partial charge in [0.2, 0.25) is 0 Å². The lowest BCUT2D eigenvalue weighted by molar-refractivity contribution is 0.0530. The van der Waals surface area contributed by atoms with E-state index in [-0.39, 0.29) is 5.97 Å². The topological polar surface area (TPSA) is 64.8 Å². The molecule has 7 heteroatoms. The molecule has 28 heavy (non-hydrogen) atoms. The molecule has 0 bridgehead atoms. The molecule has 1 aromatic carbocycles. The summed E-state index contributed by atoms with van der Waals surface area (Å²) >= 11 is 3.05. The Balaban J connectivity index is 2.04. The molecular weight excluding hydrogens is 392 g/mol. The van der Waals surface area contributed by atoms with Crippen LogP contribution in [0.4, 0.5) is 5.00 Å². The van der Waals surface area contributed by atoms with Crippen molar-refractivity contribution in [3.8, 4) is 16.2 Å². The largest absolute Gasteiger partial charge is 0.490 e. The zero-order valence-electron chi connectivity index (χ0n) is 16.5. The molecule has 150 valence electrons. The van der Waals surface area contributed by atoms with E-state index in [0.717, 1.165) is 45.9 Å². The van der Waals surface area contributed by atoms with Crippen molar-refractivity contribution in [2.24, 2.45) is 0 Å². The van der Waals surface area contributed by atoms with Crippen LogP contribution in [0.1, 0.15) is 31.1 Å². The number of ether oxygens (including phenoxy) is 2. The van der Waals surface area contributed by atoms with Gasteiger partial charge in [-0.25, -0.2) is 4.79 Å². The predicted octanol–water partition coefficient (Wildman–Crippen LogP) is 5.11. The monoisotopic (exact) mass is 418 g/mol. The fraction of sp³-hybridized carbons (Fsp3) is 0.381. The number of nitrogens with two attached hydrogens (primary N) is 1. The Morgan fingerprint density at radius 2 is 1.96 bits per heavy atom. The zero-order chi connectivity index (χ0) is 20.1. The van der Waals surface area contributed by atoms with Crippen LogP contribution < -0.4 is 10.5 Å². The minimum absolute atomic E-state index is 0.316. The van der Waals surface area contributed by atoms with E-state index in [2.05, 4.69) is 24.8 Å². The van der Waals surface area contributed by atoms with Crippen LogP contribution in [0.2, 0.25) is 0 Å². The molecule has 0 aliphatic carbocycles. The van der Waals surface area contributed by atoms with E-state index >= 15 is 0 Å². The van der Waals surface area contributed by atoms with Crippen molar-refractivity contribution >= 4 is 43.7 Å². The molecule has 0 saturated heterocycles. The lowest BCUT2D eigenvalue weighted by Gasteiger charge is -2.19. The molecule has 2 heterocycles. The first kappa shape index (κ1) is 20.6. The van der Waals surface area contributed by atoms with Crippen molar-refractivity contribution in [1.29, 1.82) is 0 Å². The molecule has 0 saturated carbocycles. The number of carbonyl (C=O) groups is 1. The Labute approximate surface area is 173 Å². The number of rotatable bonds is 9. The van der Waals surface area contributed by atoms with Crippen molar-refractivity contribution in [2.45, 2.75) is 20.8 Å². The standard InChI is InChI=1S/C21H26N2O3S2/c1-4-23(5-2)11-12-26-18-14(16-8-7-13-27-16)9-10-15-17(21(24)25-6-3)20(22)28-19(15)18/h7-10,13H,4-6,11-12,22H2,1-3H3. The van der Waals surface area contributed by atoms with Crippen LogP contribution in [0.15, 0.2) is 29.6 Å². The van der Waals surface area contributed by atoms with Gasteiger partial charge in [0.1, 0.15) is 22.9 Å². The molecule has 0 radical (unpaired) electrons. The number of fused-ring (bicyclic) bond motifs is 1. The van der Waals surface area contributed by atoms with Crippen molar-refractivity contribution < 1.29 is 14.3 Å². The van der Waals surface area contributed by atoms with Gasteiger partial charge < -0.3 is 20.1 Å². The van der Waals surface area contributed by atoms with E-state index in [1.807, 2.05) is 23.6 Å². The molecule has 0 aliphatic heterocycles. The van der Waals surface area contributed by atoms with Gasteiger partial charge >= 0.3 is 5.97 Å². The number of hydrogen-bond acceptors (Lipinski definition) is 7. The molecule has 2 N–H and O–H groups in total. The Kier molecular flexibility index (Phi) is 6.93. The third-order valence-electron chi connectivity index (χ3n) is 4.65. The SMILES string of the molecule is CCOC(=O)c1c(N)sc2c(OCCN(CC)CC)c(-c3cccs3)ccc12. The lowest BCUT2D eigenvalue weighted by atomic mass is 10.1. The lowest BCUT2D eigenvalue weighted by Crippen LogP contribution is -2.28. The molecule has 5 nitrogen and oxygen atoms in total. The molecule has 3 aromatic rings. The van der Waals surface area contributed by atoms with Crippen LogP contribution in [0.3, 0.4) is 0 Å². The average molecular weight is 419 g/mol. The normalized spacial score (nSPS) is 11.3. The summed E-state index contributed by atoms with van der Waals surface area (Å²) in [5, 5.41) is 3.30. The zero-order valence-corrected chi connectivity index (χ0v) is 18.1. The molecule has 2 aromatic heterocycles. The number of hydrogen-bond donors (Lipinski definition) is 1. The first-order chi connectivity index (χ1) is 13.6. The Morgan fingerprint density at radius 3 is 2.61 bits per heavy atom. The van der Waals surface area contributed by atoms with Gasteiger partial charge in [0.05, 0.1) is 11.3 Å². The molecule has 0 atom stereocenters. The Bertz CT molecular complexity index is 931. The van der Waals surface area contributed by atoms with Crippen LogP contribution in [-0.2, 0) is 4.74 Å². The fourth-order valence-corrected chi connectivity index (χ4v) is 4.96. The molecule has 0 fully saturated rings. The second-order valence-corrected chi connectivity index (χ2v) is 8.23. The number of nitrogen functional groups attached to an aromatic ring is 1. The van der Waals surface area contributed by atoms with Crippen LogP contribution >= 0.6 is 22.7 Å². The van der Waals surface area contributed by atoms with Gasteiger partial charge in [-0.3, -0.25) is 0 Å². The van der Waals surface area contributed by atoms with E-state index in [1.54, 1.807) is 18.3 Å². The van der Waals surface area contributed by atoms with Gasteiger partial charge in [-0.2, -0.15) is 0 Å². The molecular formula is C21H26N2O3S2. The number of thiophene rings is 2. The van der Waals surface area contributed by atoms with E-state index in [9.17, 15) is 4.79 Å². The number of benzene rings is 1. The first-order valence-electron chi connectivity index (χ1n) is 9.51. The average Bonchev–Trinajstić information content (AvgIpc) is 3.32. The fourth-order valence-electron chi connectivity index (χ4n) is 3.15. The highest BCUT2D eigenvalue weighted by molar-refractivity contribution is 7.23. The molecule has 0 aliphatic rings. The Hall–Kier alpha value is -2.09. The van der Waals surface area contributed by atoms with Crippen LogP contribution in [0.25, 0.3) is 20.5 Å². The van der Waals surface area contributed by atoms with E-state index in [4.69, 9.17) is 15.2 Å². The van der Waals surface area contributed by atoms with Crippen LogP contribution in [0.5, 0.6) is 5.75 Å². The summed E-state index contributed by atoms with van der Waals surface area (Å²) in [6, 6.07) is 8.06. The third kappa shape index (κ3) is 4.16. The summed E-state index contributed by atoms with van der Waals surface area (Å²) in [4.78, 5) is 15.9. The van der Waals surface area contributed by atoms with Crippen LogP contribution in [-0.4, -0.2) is 43.7 Å².